The molecule has 116 valence electrons. The first-order valence-electron chi connectivity index (χ1n) is 7.13. The summed E-state index contributed by atoms with van der Waals surface area (Å²) in [5.74, 6) is 0.742. The first kappa shape index (κ1) is 17.0. The SMILES string of the molecule is CCN(CC)S(=O)(=O)CCNC(=NC)NC1CC=CC1. The topological polar surface area (TPSA) is 73.8 Å². The molecule has 1 aliphatic carbocycles. The molecule has 0 aromatic rings. The van der Waals surface area contributed by atoms with Crippen LogP contribution >= 0.6 is 0 Å². The second-order valence-electron chi connectivity index (χ2n) is 4.68. The molecule has 0 amide bonds. The maximum absolute atomic E-state index is 12.0. The molecule has 0 saturated heterocycles. The van der Waals surface area contributed by atoms with Crippen LogP contribution in [0.3, 0.4) is 0 Å². The molecule has 0 spiro atoms. The van der Waals surface area contributed by atoms with E-state index in [0.29, 0.717) is 31.6 Å². The van der Waals surface area contributed by atoms with Gasteiger partial charge in [0.25, 0.3) is 0 Å². The largest absolute Gasteiger partial charge is 0.355 e. The lowest BCUT2D eigenvalue weighted by atomic mass is 10.2. The lowest BCUT2D eigenvalue weighted by molar-refractivity contribution is 0.445. The van der Waals surface area contributed by atoms with E-state index in [1.54, 1.807) is 7.05 Å². The van der Waals surface area contributed by atoms with E-state index in [0.717, 1.165) is 12.8 Å². The molecule has 0 aromatic carbocycles. The fourth-order valence-electron chi connectivity index (χ4n) is 2.17. The van der Waals surface area contributed by atoms with Gasteiger partial charge in [-0.25, -0.2) is 12.7 Å². The molecule has 20 heavy (non-hydrogen) atoms. The van der Waals surface area contributed by atoms with Crippen molar-refractivity contribution in [3.63, 3.8) is 0 Å². The van der Waals surface area contributed by atoms with Gasteiger partial charge in [-0.05, 0) is 12.8 Å². The lowest BCUT2D eigenvalue weighted by Crippen LogP contribution is -2.45. The van der Waals surface area contributed by atoms with E-state index < -0.39 is 10.0 Å². The minimum atomic E-state index is -3.18. The fourth-order valence-corrected chi connectivity index (χ4v) is 3.57. The highest BCUT2D eigenvalue weighted by Gasteiger charge is 2.18. The van der Waals surface area contributed by atoms with E-state index in [1.807, 2.05) is 13.8 Å². The van der Waals surface area contributed by atoms with Crippen LogP contribution in [0.25, 0.3) is 0 Å². The Bertz CT molecular complexity index is 433. The predicted molar refractivity (Wildman–Crippen MR) is 83.4 cm³/mol. The summed E-state index contributed by atoms with van der Waals surface area (Å²) in [4.78, 5) is 4.11. The Kier molecular flexibility index (Phi) is 7.01. The third-order valence-corrected chi connectivity index (χ3v) is 5.35. The van der Waals surface area contributed by atoms with Gasteiger partial charge >= 0.3 is 0 Å². The van der Waals surface area contributed by atoms with Crippen molar-refractivity contribution in [2.75, 3.05) is 32.4 Å². The number of guanidine groups is 1. The fraction of sp³-hybridized carbons (Fsp3) is 0.769. The summed E-state index contributed by atoms with van der Waals surface area (Å²) >= 11 is 0. The van der Waals surface area contributed by atoms with Crippen LogP contribution in [0, 0.1) is 0 Å². The summed E-state index contributed by atoms with van der Waals surface area (Å²) in [7, 11) is -1.49. The molecule has 0 aromatic heterocycles. The third-order valence-electron chi connectivity index (χ3n) is 3.32. The van der Waals surface area contributed by atoms with Gasteiger partial charge < -0.3 is 10.6 Å². The molecule has 0 atom stereocenters. The Hall–Kier alpha value is -1.08. The van der Waals surface area contributed by atoms with Crippen molar-refractivity contribution >= 4 is 16.0 Å². The lowest BCUT2D eigenvalue weighted by Gasteiger charge is -2.20. The van der Waals surface area contributed by atoms with Gasteiger partial charge in [0, 0.05) is 32.7 Å². The number of rotatable bonds is 7. The molecule has 0 saturated carbocycles. The molecule has 1 rings (SSSR count). The molecule has 0 unspecified atom stereocenters. The van der Waals surface area contributed by atoms with Crippen molar-refractivity contribution in [3.8, 4) is 0 Å². The van der Waals surface area contributed by atoms with Gasteiger partial charge in [0.15, 0.2) is 5.96 Å². The molecular weight excluding hydrogens is 276 g/mol. The average molecular weight is 302 g/mol. The summed E-state index contributed by atoms with van der Waals surface area (Å²) in [6.45, 7) is 5.09. The van der Waals surface area contributed by atoms with Gasteiger partial charge in [-0.1, -0.05) is 26.0 Å². The summed E-state index contributed by atoms with van der Waals surface area (Å²) in [5, 5.41) is 6.34. The number of nitrogens with zero attached hydrogens (tertiary/aromatic N) is 2. The van der Waals surface area contributed by atoms with Gasteiger partial charge in [-0.2, -0.15) is 0 Å². The van der Waals surface area contributed by atoms with E-state index in [1.165, 1.54) is 4.31 Å². The molecule has 0 aliphatic heterocycles. The van der Waals surface area contributed by atoms with E-state index >= 15 is 0 Å². The summed E-state index contributed by atoms with van der Waals surface area (Å²) in [5.41, 5.74) is 0. The summed E-state index contributed by atoms with van der Waals surface area (Å²) < 4.78 is 25.5. The van der Waals surface area contributed by atoms with Gasteiger partial charge in [0.1, 0.15) is 0 Å². The number of sulfonamides is 1. The zero-order valence-corrected chi connectivity index (χ0v) is 13.4. The van der Waals surface area contributed by atoms with Crippen LogP contribution in [-0.2, 0) is 10.0 Å². The van der Waals surface area contributed by atoms with Crippen molar-refractivity contribution in [1.29, 1.82) is 0 Å². The standard InChI is InChI=1S/C13H26N4O2S/c1-4-17(5-2)20(18,19)11-10-15-13(14-3)16-12-8-6-7-9-12/h6-7,12H,4-5,8-11H2,1-3H3,(H2,14,15,16). The Morgan fingerprint density at radius 2 is 1.90 bits per heavy atom. The number of nitrogens with one attached hydrogen (secondary N) is 2. The van der Waals surface area contributed by atoms with Gasteiger partial charge in [-0.3, -0.25) is 4.99 Å². The predicted octanol–water partition coefficient (Wildman–Crippen LogP) is 0.542. The number of hydrogen-bond donors (Lipinski definition) is 2. The van der Waals surface area contributed by atoms with Crippen molar-refractivity contribution in [2.24, 2.45) is 4.99 Å². The average Bonchev–Trinajstić information content (AvgIpc) is 2.91. The Morgan fingerprint density at radius 3 is 2.40 bits per heavy atom. The Labute approximate surface area is 122 Å². The van der Waals surface area contributed by atoms with Crippen LogP contribution in [0.4, 0.5) is 0 Å². The van der Waals surface area contributed by atoms with Gasteiger partial charge in [-0.15, -0.1) is 0 Å². The Balaban J connectivity index is 2.37. The normalized spacial score (nSPS) is 16.9. The molecule has 0 radical (unpaired) electrons. The van der Waals surface area contributed by atoms with E-state index in [-0.39, 0.29) is 5.75 Å². The van der Waals surface area contributed by atoms with Crippen molar-refractivity contribution in [3.05, 3.63) is 12.2 Å². The molecule has 7 heteroatoms. The van der Waals surface area contributed by atoms with Crippen LogP contribution < -0.4 is 10.6 Å². The second-order valence-corrected chi connectivity index (χ2v) is 6.77. The second kappa shape index (κ2) is 8.26. The molecule has 2 N–H and O–H groups in total. The molecule has 0 bridgehead atoms. The maximum Gasteiger partial charge on any atom is 0.215 e. The van der Waals surface area contributed by atoms with Crippen molar-refractivity contribution < 1.29 is 8.42 Å². The number of hydrogen-bond acceptors (Lipinski definition) is 3. The first-order chi connectivity index (χ1) is 9.53. The minimum Gasteiger partial charge on any atom is -0.355 e. The quantitative estimate of drug-likeness (QED) is 0.409. The summed E-state index contributed by atoms with van der Waals surface area (Å²) in [6, 6.07) is 0.362. The van der Waals surface area contributed by atoms with Gasteiger partial charge in [0.2, 0.25) is 10.0 Å². The van der Waals surface area contributed by atoms with Crippen LogP contribution in [0.5, 0.6) is 0 Å². The van der Waals surface area contributed by atoms with Crippen LogP contribution in [-0.4, -0.2) is 57.2 Å². The Morgan fingerprint density at radius 1 is 1.30 bits per heavy atom. The van der Waals surface area contributed by atoms with Crippen LogP contribution in [0.2, 0.25) is 0 Å². The highest BCUT2D eigenvalue weighted by molar-refractivity contribution is 7.89. The molecule has 0 fully saturated rings. The van der Waals surface area contributed by atoms with Crippen LogP contribution in [0.15, 0.2) is 17.1 Å². The molecule has 0 heterocycles. The monoisotopic (exact) mass is 302 g/mol. The zero-order valence-electron chi connectivity index (χ0n) is 12.6. The highest BCUT2D eigenvalue weighted by atomic mass is 32.2. The zero-order chi connectivity index (χ0) is 15.0. The first-order valence-corrected chi connectivity index (χ1v) is 8.74. The van der Waals surface area contributed by atoms with E-state index in [4.69, 9.17) is 0 Å². The summed E-state index contributed by atoms with van der Waals surface area (Å²) in [6.07, 6.45) is 6.24. The van der Waals surface area contributed by atoms with Crippen molar-refractivity contribution in [2.45, 2.75) is 32.7 Å². The van der Waals surface area contributed by atoms with Gasteiger partial charge in [0.05, 0.1) is 5.75 Å². The van der Waals surface area contributed by atoms with Crippen molar-refractivity contribution in [1.82, 2.24) is 14.9 Å². The number of aliphatic imine (C=N–C) groups is 1. The van der Waals surface area contributed by atoms with E-state index in [2.05, 4.69) is 27.8 Å². The van der Waals surface area contributed by atoms with E-state index in [9.17, 15) is 8.42 Å². The smallest absolute Gasteiger partial charge is 0.215 e. The molecule has 1 aliphatic rings. The van der Waals surface area contributed by atoms with Crippen LogP contribution in [0.1, 0.15) is 26.7 Å². The molecule has 6 nitrogen and oxygen atoms in total. The maximum atomic E-state index is 12.0. The molecular formula is C13H26N4O2S. The third kappa shape index (κ3) is 5.13. The highest BCUT2D eigenvalue weighted by Crippen LogP contribution is 2.08. The minimum absolute atomic E-state index is 0.0816.